The number of guanidine groups is 1. The Morgan fingerprint density at radius 3 is 2.58 bits per heavy atom. The minimum absolute atomic E-state index is 0. The van der Waals surface area contributed by atoms with Gasteiger partial charge in [-0.25, -0.2) is 4.99 Å². The van der Waals surface area contributed by atoms with E-state index in [4.69, 9.17) is 19.7 Å². The van der Waals surface area contributed by atoms with E-state index in [2.05, 4.69) is 29.3 Å². The Balaban J connectivity index is 0.00000338. The number of nitrogens with one attached hydrogen (secondary N) is 1. The molecule has 1 aromatic carbocycles. The Bertz CT molecular complexity index is 714. The number of rotatable bonds is 8. The molecule has 0 aliphatic carbocycles. The van der Waals surface area contributed by atoms with E-state index in [0.29, 0.717) is 35.4 Å². The molecule has 26 heavy (non-hydrogen) atoms. The van der Waals surface area contributed by atoms with Gasteiger partial charge < -0.3 is 25.0 Å². The molecule has 0 saturated heterocycles. The molecule has 144 valence electrons. The Kier molecular flexibility index (Phi) is 9.25. The summed E-state index contributed by atoms with van der Waals surface area (Å²) in [5, 5.41) is 7.15. The Morgan fingerprint density at radius 1 is 1.23 bits per heavy atom. The van der Waals surface area contributed by atoms with Crippen molar-refractivity contribution in [2.24, 2.45) is 10.7 Å². The standard InChI is InChI=1S/C18H26N4O3.HI/c1-5-12(6-2)15-10-14(25-22-15)11-20-18(19)21-16-9-13(23-3)7-8-17(16)24-4;/h7-10,12H,5-6,11H2,1-4H3,(H3,19,20,21);1H. The summed E-state index contributed by atoms with van der Waals surface area (Å²) >= 11 is 0. The predicted octanol–water partition coefficient (Wildman–Crippen LogP) is 4.14. The first-order chi connectivity index (χ1) is 12.1. The van der Waals surface area contributed by atoms with Gasteiger partial charge in [-0.3, -0.25) is 0 Å². The largest absolute Gasteiger partial charge is 0.497 e. The van der Waals surface area contributed by atoms with Crippen molar-refractivity contribution in [2.45, 2.75) is 39.2 Å². The lowest BCUT2D eigenvalue weighted by Crippen LogP contribution is -2.23. The third-order valence-electron chi connectivity index (χ3n) is 4.06. The number of nitrogens with zero attached hydrogens (tertiary/aromatic N) is 2. The maximum atomic E-state index is 5.97. The van der Waals surface area contributed by atoms with Gasteiger partial charge in [0.25, 0.3) is 0 Å². The number of hydrogen-bond acceptors (Lipinski definition) is 5. The third kappa shape index (κ3) is 5.79. The molecule has 0 spiro atoms. The molecule has 0 bridgehead atoms. The van der Waals surface area contributed by atoms with Crippen molar-refractivity contribution in [2.75, 3.05) is 19.5 Å². The number of benzene rings is 1. The molecule has 0 aliphatic rings. The molecular weight excluding hydrogens is 447 g/mol. The van der Waals surface area contributed by atoms with E-state index in [-0.39, 0.29) is 29.9 Å². The maximum Gasteiger partial charge on any atom is 0.193 e. The fraction of sp³-hybridized carbons (Fsp3) is 0.444. The van der Waals surface area contributed by atoms with Crippen LogP contribution in [0.2, 0.25) is 0 Å². The van der Waals surface area contributed by atoms with Gasteiger partial charge in [0.2, 0.25) is 0 Å². The maximum absolute atomic E-state index is 5.97. The highest BCUT2D eigenvalue weighted by atomic mass is 127. The lowest BCUT2D eigenvalue weighted by Gasteiger charge is -2.11. The molecule has 1 heterocycles. The Hall–Kier alpha value is -1.97. The molecule has 0 atom stereocenters. The lowest BCUT2D eigenvalue weighted by molar-refractivity contribution is 0.372. The molecule has 0 aliphatic heterocycles. The third-order valence-corrected chi connectivity index (χ3v) is 4.06. The number of hydrogen-bond donors (Lipinski definition) is 2. The van der Waals surface area contributed by atoms with Crippen LogP contribution < -0.4 is 20.5 Å². The summed E-state index contributed by atoms with van der Waals surface area (Å²) < 4.78 is 15.9. The first-order valence-electron chi connectivity index (χ1n) is 8.35. The molecule has 0 unspecified atom stereocenters. The fourth-order valence-corrected chi connectivity index (χ4v) is 2.56. The molecule has 1 aromatic heterocycles. The average molecular weight is 474 g/mol. The second-order valence-corrected chi connectivity index (χ2v) is 5.62. The zero-order valence-electron chi connectivity index (χ0n) is 15.6. The van der Waals surface area contributed by atoms with Crippen molar-refractivity contribution in [3.8, 4) is 11.5 Å². The number of anilines is 1. The average Bonchev–Trinajstić information content (AvgIpc) is 3.09. The zero-order chi connectivity index (χ0) is 18.2. The first-order valence-corrected chi connectivity index (χ1v) is 8.35. The van der Waals surface area contributed by atoms with Crippen LogP contribution in [-0.2, 0) is 6.54 Å². The number of ether oxygens (including phenoxy) is 2. The number of aromatic nitrogens is 1. The topological polar surface area (TPSA) is 94.9 Å². The highest BCUT2D eigenvalue weighted by molar-refractivity contribution is 14.0. The number of halogens is 1. The van der Waals surface area contributed by atoms with Crippen molar-refractivity contribution in [3.63, 3.8) is 0 Å². The monoisotopic (exact) mass is 474 g/mol. The molecular formula is C18H27IN4O3. The molecule has 0 saturated carbocycles. The van der Waals surface area contributed by atoms with E-state index in [1.165, 1.54) is 0 Å². The summed E-state index contributed by atoms with van der Waals surface area (Å²) in [4.78, 5) is 4.30. The molecule has 3 N–H and O–H groups in total. The van der Waals surface area contributed by atoms with Gasteiger partial charge >= 0.3 is 0 Å². The van der Waals surface area contributed by atoms with Crippen LogP contribution >= 0.6 is 24.0 Å². The smallest absolute Gasteiger partial charge is 0.193 e. The minimum Gasteiger partial charge on any atom is -0.497 e. The molecule has 8 heteroatoms. The Morgan fingerprint density at radius 2 is 1.96 bits per heavy atom. The van der Waals surface area contributed by atoms with Crippen LogP contribution in [0.4, 0.5) is 5.69 Å². The van der Waals surface area contributed by atoms with E-state index in [0.717, 1.165) is 18.5 Å². The Labute approximate surface area is 171 Å². The summed E-state index contributed by atoms with van der Waals surface area (Å²) in [7, 11) is 3.19. The second kappa shape index (κ2) is 10.9. The van der Waals surface area contributed by atoms with E-state index >= 15 is 0 Å². The van der Waals surface area contributed by atoms with Crippen LogP contribution in [0.25, 0.3) is 0 Å². The normalized spacial score (nSPS) is 11.2. The number of nitrogens with two attached hydrogens (primary N) is 1. The SMILES string of the molecule is CCC(CC)c1cc(CN=C(N)Nc2cc(OC)ccc2OC)on1.I. The summed E-state index contributed by atoms with van der Waals surface area (Å²) in [6.45, 7) is 4.60. The van der Waals surface area contributed by atoms with Gasteiger partial charge in [-0.2, -0.15) is 0 Å². The summed E-state index contributed by atoms with van der Waals surface area (Å²) in [5.74, 6) is 2.70. The number of aliphatic imine (C=N–C) groups is 1. The van der Waals surface area contributed by atoms with Gasteiger partial charge in [-0.1, -0.05) is 19.0 Å². The van der Waals surface area contributed by atoms with Gasteiger partial charge in [-0.05, 0) is 25.0 Å². The van der Waals surface area contributed by atoms with Crippen LogP contribution in [0, 0.1) is 0 Å². The lowest BCUT2D eigenvalue weighted by atomic mass is 9.99. The van der Waals surface area contributed by atoms with E-state index in [1.54, 1.807) is 26.4 Å². The molecule has 0 radical (unpaired) electrons. The van der Waals surface area contributed by atoms with Crippen molar-refractivity contribution >= 4 is 35.6 Å². The molecule has 0 fully saturated rings. The minimum atomic E-state index is 0. The van der Waals surface area contributed by atoms with Crippen LogP contribution in [-0.4, -0.2) is 25.3 Å². The fourth-order valence-electron chi connectivity index (χ4n) is 2.56. The van der Waals surface area contributed by atoms with Crippen LogP contribution in [0.1, 0.15) is 44.1 Å². The van der Waals surface area contributed by atoms with E-state index in [1.807, 2.05) is 12.1 Å². The van der Waals surface area contributed by atoms with Crippen molar-refractivity contribution in [3.05, 3.63) is 35.7 Å². The van der Waals surface area contributed by atoms with Gasteiger partial charge in [0.05, 0.1) is 25.6 Å². The summed E-state index contributed by atoms with van der Waals surface area (Å²) in [5.41, 5.74) is 7.62. The second-order valence-electron chi connectivity index (χ2n) is 5.62. The first kappa shape index (κ1) is 22.1. The summed E-state index contributed by atoms with van der Waals surface area (Å²) in [6.07, 6.45) is 2.07. The van der Waals surface area contributed by atoms with Crippen molar-refractivity contribution < 1.29 is 14.0 Å². The van der Waals surface area contributed by atoms with Gasteiger partial charge in [0.15, 0.2) is 11.7 Å². The van der Waals surface area contributed by atoms with Crippen LogP contribution in [0.3, 0.4) is 0 Å². The zero-order valence-corrected chi connectivity index (χ0v) is 17.9. The van der Waals surface area contributed by atoms with E-state index in [9.17, 15) is 0 Å². The highest BCUT2D eigenvalue weighted by Gasteiger charge is 2.13. The van der Waals surface area contributed by atoms with Gasteiger partial charge in [0.1, 0.15) is 18.0 Å². The molecule has 7 nitrogen and oxygen atoms in total. The number of methoxy groups -OCH3 is 2. The van der Waals surface area contributed by atoms with Gasteiger partial charge in [0, 0.05) is 18.1 Å². The molecule has 2 rings (SSSR count). The highest BCUT2D eigenvalue weighted by Crippen LogP contribution is 2.28. The van der Waals surface area contributed by atoms with Crippen LogP contribution in [0.15, 0.2) is 33.8 Å². The molecule has 0 amide bonds. The van der Waals surface area contributed by atoms with Crippen LogP contribution in [0.5, 0.6) is 11.5 Å². The molecule has 2 aromatic rings. The van der Waals surface area contributed by atoms with E-state index < -0.39 is 0 Å². The quantitative estimate of drug-likeness (QED) is 0.339. The predicted molar refractivity (Wildman–Crippen MR) is 114 cm³/mol. The van der Waals surface area contributed by atoms with Crippen molar-refractivity contribution in [1.82, 2.24) is 5.16 Å². The summed E-state index contributed by atoms with van der Waals surface area (Å²) in [6, 6.07) is 7.35. The van der Waals surface area contributed by atoms with Crippen molar-refractivity contribution in [1.29, 1.82) is 0 Å². The van der Waals surface area contributed by atoms with Gasteiger partial charge in [-0.15, -0.1) is 24.0 Å².